The van der Waals surface area contributed by atoms with Crippen molar-refractivity contribution in [3.63, 3.8) is 0 Å². The number of rotatable bonds is 3. The molecule has 1 aliphatic heterocycles. The third-order valence-corrected chi connectivity index (χ3v) is 4.64. The molecule has 2 nitrogen and oxygen atoms in total. The molecule has 1 saturated heterocycles. The fraction of sp³-hybridized carbons (Fsp3) is 0.600. The monoisotopic (exact) mass is 310 g/mol. The first-order valence-electron chi connectivity index (χ1n) is 6.71. The fourth-order valence-electron chi connectivity index (χ4n) is 2.84. The summed E-state index contributed by atoms with van der Waals surface area (Å²) < 4.78 is 1.20. The Morgan fingerprint density at radius 3 is 2.78 bits per heavy atom. The Kier molecular flexibility index (Phi) is 4.33. The molecule has 1 fully saturated rings. The molecule has 0 radical (unpaired) electrons. The lowest BCUT2D eigenvalue weighted by molar-refractivity contribution is 0.286. The third-order valence-electron chi connectivity index (χ3n) is 3.97. The molecule has 1 N–H and O–H groups in total. The number of nitrogens with zero attached hydrogens (tertiary/aromatic N) is 1. The molecule has 1 atom stereocenters. The lowest BCUT2D eigenvalue weighted by Gasteiger charge is -2.47. The predicted molar refractivity (Wildman–Crippen MR) is 82.2 cm³/mol. The highest BCUT2D eigenvalue weighted by Gasteiger charge is 2.34. The predicted octanol–water partition coefficient (Wildman–Crippen LogP) is 3.66. The smallest absolute Gasteiger partial charge is 0.0515 e. The first-order chi connectivity index (χ1) is 8.54. The van der Waals surface area contributed by atoms with Crippen LogP contribution in [-0.2, 0) is 0 Å². The second-order valence-corrected chi connectivity index (χ2v) is 6.69. The summed E-state index contributed by atoms with van der Waals surface area (Å²) in [7, 11) is 2.04. The first kappa shape index (κ1) is 13.9. The van der Waals surface area contributed by atoms with Gasteiger partial charge >= 0.3 is 0 Å². The number of para-hydroxylation sites is 1. The van der Waals surface area contributed by atoms with Crippen molar-refractivity contribution >= 4 is 21.6 Å². The maximum absolute atomic E-state index is 3.69. The Bertz CT molecular complexity index is 403. The van der Waals surface area contributed by atoms with Gasteiger partial charge in [-0.05, 0) is 74.3 Å². The van der Waals surface area contributed by atoms with Gasteiger partial charge in [0.15, 0.2) is 0 Å². The average molecular weight is 311 g/mol. The van der Waals surface area contributed by atoms with Crippen LogP contribution in [0.3, 0.4) is 0 Å². The van der Waals surface area contributed by atoms with Crippen LogP contribution >= 0.6 is 15.9 Å². The molecule has 1 aliphatic rings. The van der Waals surface area contributed by atoms with E-state index < -0.39 is 0 Å². The molecule has 1 aromatic carbocycles. The molecular weight excluding hydrogens is 288 g/mol. The van der Waals surface area contributed by atoms with Gasteiger partial charge in [-0.25, -0.2) is 0 Å². The molecule has 0 saturated carbocycles. The van der Waals surface area contributed by atoms with Gasteiger partial charge < -0.3 is 10.2 Å². The van der Waals surface area contributed by atoms with E-state index in [0.29, 0.717) is 0 Å². The van der Waals surface area contributed by atoms with E-state index in [1.807, 2.05) is 7.05 Å². The molecular formula is C15H23BrN2. The largest absolute Gasteiger partial charge is 0.365 e. The number of piperidine rings is 1. The van der Waals surface area contributed by atoms with Gasteiger partial charge in [0, 0.05) is 16.6 Å². The van der Waals surface area contributed by atoms with Crippen molar-refractivity contribution in [3.8, 4) is 0 Å². The summed E-state index contributed by atoms with van der Waals surface area (Å²) in [6.45, 7) is 6.94. The Labute approximate surface area is 119 Å². The van der Waals surface area contributed by atoms with Crippen molar-refractivity contribution in [2.45, 2.75) is 32.2 Å². The number of anilines is 1. The highest BCUT2D eigenvalue weighted by Crippen LogP contribution is 2.37. The van der Waals surface area contributed by atoms with Crippen molar-refractivity contribution < 1.29 is 0 Å². The minimum absolute atomic E-state index is 0.244. The maximum atomic E-state index is 3.69. The minimum Gasteiger partial charge on any atom is -0.365 e. The van der Waals surface area contributed by atoms with Crippen LogP contribution in [0.4, 0.5) is 5.69 Å². The number of benzene rings is 1. The van der Waals surface area contributed by atoms with Gasteiger partial charge in [-0.2, -0.15) is 0 Å². The summed E-state index contributed by atoms with van der Waals surface area (Å²) in [6, 6.07) is 8.55. The van der Waals surface area contributed by atoms with Gasteiger partial charge in [-0.15, -0.1) is 0 Å². The van der Waals surface area contributed by atoms with E-state index in [9.17, 15) is 0 Å². The second kappa shape index (κ2) is 5.62. The van der Waals surface area contributed by atoms with Gasteiger partial charge in [-0.1, -0.05) is 12.1 Å². The molecule has 0 amide bonds. The van der Waals surface area contributed by atoms with Crippen LogP contribution in [0, 0.1) is 5.92 Å². The number of halogens is 1. The van der Waals surface area contributed by atoms with E-state index >= 15 is 0 Å². The average Bonchev–Trinajstić information content (AvgIpc) is 2.33. The van der Waals surface area contributed by atoms with Crippen LogP contribution in [-0.4, -0.2) is 25.7 Å². The zero-order valence-electron chi connectivity index (χ0n) is 11.5. The Hall–Kier alpha value is -0.540. The van der Waals surface area contributed by atoms with Crippen LogP contribution in [0.15, 0.2) is 28.7 Å². The van der Waals surface area contributed by atoms with Crippen molar-refractivity contribution in [1.29, 1.82) is 0 Å². The van der Waals surface area contributed by atoms with E-state index in [2.05, 4.69) is 64.3 Å². The van der Waals surface area contributed by atoms with Gasteiger partial charge in [-0.3, -0.25) is 0 Å². The summed E-state index contributed by atoms with van der Waals surface area (Å²) in [5, 5.41) is 3.31. The molecule has 18 heavy (non-hydrogen) atoms. The van der Waals surface area contributed by atoms with Gasteiger partial charge in [0.2, 0.25) is 0 Å². The van der Waals surface area contributed by atoms with Crippen LogP contribution in [0.25, 0.3) is 0 Å². The normalized spacial score (nSPS) is 23.1. The summed E-state index contributed by atoms with van der Waals surface area (Å²) in [5.74, 6) is 0.745. The second-order valence-electron chi connectivity index (χ2n) is 5.84. The van der Waals surface area contributed by atoms with Crippen molar-refractivity contribution in [1.82, 2.24) is 5.32 Å². The maximum Gasteiger partial charge on any atom is 0.0515 e. The van der Waals surface area contributed by atoms with Crippen LogP contribution in [0.5, 0.6) is 0 Å². The number of nitrogens with one attached hydrogen (secondary N) is 1. The summed E-state index contributed by atoms with van der Waals surface area (Å²) in [4.78, 5) is 2.56. The van der Waals surface area contributed by atoms with Crippen LogP contribution < -0.4 is 10.2 Å². The summed E-state index contributed by atoms with van der Waals surface area (Å²) in [6.07, 6.45) is 2.56. The molecule has 0 bridgehead atoms. The van der Waals surface area contributed by atoms with E-state index in [0.717, 1.165) is 19.0 Å². The number of hydrogen-bond donors (Lipinski definition) is 1. The zero-order valence-corrected chi connectivity index (χ0v) is 13.1. The molecule has 0 aliphatic carbocycles. The lowest BCUT2D eigenvalue weighted by atomic mass is 9.84. The highest BCUT2D eigenvalue weighted by molar-refractivity contribution is 9.10. The van der Waals surface area contributed by atoms with E-state index in [4.69, 9.17) is 0 Å². The lowest BCUT2D eigenvalue weighted by Crippen LogP contribution is -2.52. The standard InChI is InChI=1S/C15H23BrN2/c1-15(2)9-8-12(10-17-3)11-18(15)14-7-5-4-6-13(14)16/h4-7,12,17H,8-11H2,1-3H3. The van der Waals surface area contributed by atoms with Crippen molar-refractivity contribution in [2.24, 2.45) is 5.92 Å². The molecule has 0 spiro atoms. The van der Waals surface area contributed by atoms with E-state index in [1.54, 1.807) is 0 Å². The van der Waals surface area contributed by atoms with Crippen LogP contribution in [0.1, 0.15) is 26.7 Å². The Morgan fingerprint density at radius 1 is 1.39 bits per heavy atom. The van der Waals surface area contributed by atoms with E-state index in [-0.39, 0.29) is 5.54 Å². The topological polar surface area (TPSA) is 15.3 Å². The molecule has 0 aromatic heterocycles. The Balaban J connectivity index is 2.24. The summed E-state index contributed by atoms with van der Waals surface area (Å²) >= 11 is 3.69. The van der Waals surface area contributed by atoms with Crippen LogP contribution in [0.2, 0.25) is 0 Å². The first-order valence-corrected chi connectivity index (χ1v) is 7.50. The van der Waals surface area contributed by atoms with Crippen molar-refractivity contribution in [3.05, 3.63) is 28.7 Å². The SMILES string of the molecule is CNCC1CCC(C)(C)N(c2ccccc2Br)C1. The molecule has 3 heteroatoms. The summed E-state index contributed by atoms with van der Waals surface area (Å²) in [5.41, 5.74) is 1.57. The van der Waals surface area contributed by atoms with E-state index in [1.165, 1.54) is 23.0 Å². The molecule has 1 unspecified atom stereocenters. The third kappa shape index (κ3) is 2.89. The molecule has 100 valence electrons. The minimum atomic E-state index is 0.244. The molecule has 1 heterocycles. The van der Waals surface area contributed by atoms with Crippen molar-refractivity contribution in [2.75, 3.05) is 25.0 Å². The van der Waals surface area contributed by atoms with Gasteiger partial charge in [0.25, 0.3) is 0 Å². The zero-order chi connectivity index (χ0) is 13.2. The van der Waals surface area contributed by atoms with Gasteiger partial charge in [0.05, 0.1) is 5.69 Å². The molecule has 1 aromatic rings. The number of hydrogen-bond acceptors (Lipinski definition) is 2. The highest BCUT2D eigenvalue weighted by atomic mass is 79.9. The van der Waals surface area contributed by atoms with Gasteiger partial charge in [0.1, 0.15) is 0 Å². The molecule has 2 rings (SSSR count). The fourth-order valence-corrected chi connectivity index (χ4v) is 3.34. The Morgan fingerprint density at radius 2 is 2.11 bits per heavy atom. The quantitative estimate of drug-likeness (QED) is 0.916.